The first-order valence-corrected chi connectivity index (χ1v) is 6.45. The summed E-state index contributed by atoms with van der Waals surface area (Å²) in [6.07, 6.45) is 5.35. The van der Waals surface area contributed by atoms with Gasteiger partial charge in [-0.1, -0.05) is 46.5 Å². The van der Waals surface area contributed by atoms with Crippen molar-refractivity contribution in [1.29, 1.82) is 0 Å². The lowest BCUT2D eigenvalue weighted by Crippen LogP contribution is -2.29. The van der Waals surface area contributed by atoms with Crippen molar-refractivity contribution in [3.05, 3.63) is 0 Å². The first-order chi connectivity index (χ1) is 7.26. The Morgan fingerprint density at radius 2 is 2.00 bits per heavy atom. The van der Waals surface area contributed by atoms with E-state index in [0.717, 1.165) is 31.5 Å². The smallest absolute Gasteiger partial charge is 0.0587 e. The molecule has 0 saturated carbocycles. The van der Waals surface area contributed by atoms with Crippen molar-refractivity contribution in [3.63, 3.8) is 0 Å². The summed E-state index contributed by atoms with van der Waals surface area (Å²) >= 11 is 0. The standard InChI is InChI=1S/C13H29NO/c1-5-7-8-12(3)13(6-2)11-14-9-10-15-4/h12-14H,5-11H2,1-4H3. The van der Waals surface area contributed by atoms with Gasteiger partial charge >= 0.3 is 0 Å². The Bertz CT molecular complexity index is 128. The number of hydrogen-bond acceptors (Lipinski definition) is 2. The summed E-state index contributed by atoms with van der Waals surface area (Å²) in [5, 5.41) is 3.47. The number of ether oxygens (including phenoxy) is 1. The Morgan fingerprint density at radius 3 is 2.53 bits per heavy atom. The van der Waals surface area contributed by atoms with Crippen LogP contribution in [0.1, 0.15) is 46.5 Å². The van der Waals surface area contributed by atoms with Gasteiger partial charge in [0.15, 0.2) is 0 Å². The van der Waals surface area contributed by atoms with Crippen LogP contribution in [0.3, 0.4) is 0 Å². The van der Waals surface area contributed by atoms with Gasteiger partial charge in [0.2, 0.25) is 0 Å². The van der Waals surface area contributed by atoms with Crippen molar-refractivity contribution in [3.8, 4) is 0 Å². The normalized spacial score (nSPS) is 15.2. The Morgan fingerprint density at radius 1 is 1.27 bits per heavy atom. The molecule has 0 rings (SSSR count). The minimum atomic E-state index is 0.819. The molecule has 1 N–H and O–H groups in total. The summed E-state index contributed by atoms with van der Waals surface area (Å²) in [6.45, 7) is 9.90. The van der Waals surface area contributed by atoms with E-state index in [9.17, 15) is 0 Å². The van der Waals surface area contributed by atoms with Gasteiger partial charge < -0.3 is 10.1 Å². The fourth-order valence-corrected chi connectivity index (χ4v) is 1.97. The maximum Gasteiger partial charge on any atom is 0.0587 e. The monoisotopic (exact) mass is 215 g/mol. The van der Waals surface area contributed by atoms with E-state index in [-0.39, 0.29) is 0 Å². The second-order valence-electron chi connectivity index (χ2n) is 4.48. The van der Waals surface area contributed by atoms with Gasteiger partial charge in [0.05, 0.1) is 6.61 Å². The third-order valence-corrected chi connectivity index (χ3v) is 3.23. The van der Waals surface area contributed by atoms with Gasteiger partial charge in [0.1, 0.15) is 0 Å². The fraction of sp³-hybridized carbons (Fsp3) is 1.00. The maximum absolute atomic E-state index is 5.02. The number of nitrogens with one attached hydrogen (secondary N) is 1. The molecule has 0 aliphatic heterocycles. The van der Waals surface area contributed by atoms with Crippen LogP contribution in [-0.2, 0) is 4.74 Å². The second kappa shape index (κ2) is 10.4. The van der Waals surface area contributed by atoms with Gasteiger partial charge in [-0.3, -0.25) is 0 Å². The molecule has 0 aromatic rings. The zero-order chi connectivity index (χ0) is 11.5. The summed E-state index contributed by atoms with van der Waals surface area (Å²) in [7, 11) is 1.75. The molecule has 0 aromatic heterocycles. The predicted molar refractivity (Wildman–Crippen MR) is 67.2 cm³/mol. The average molecular weight is 215 g/mol. The van der Waals surface area contributed by atoms with Crippen LogP contribution in [0.15, 0.2) is 0 Å². The molecule has 2 nitrogen and oxygen atoms in total. The highest BCUT2D eigenvalue weighted by Crippen LogP contribution is 2.20. The van der Waals surface area contributed by atoms with E-state index >= 15 is 0 Å². The van der Waals surface area contributed by atoms with E-state index in [4.69, 9.17) is 4.74 Å². The maximum atomic E-state index is 5.02. The molecule has 0 fully saturated rings. The third-order valence-electron chi connectivity index (χ3n) is 3.23. The molecule has 2 heteroatoms. The number of methoxy groups -OCH3 is 1. The Labute approximate surface area is 95.8 Å². The zero-order valence-electron chi connectivity index (χ0n) is 11.0. The van der Waals surface area contributed by atoms with Gasteiger partial charge in [-0.05, 0) is 18.4 Å². The SMILES string of the molecule is CCCCC(C)C(CC)CNCCOC. The minimum Gasteiger partial charge on any atom is -0.383 e. The van der Waals surface area contributed by atoms with E-state index < -0.39 is 0 Å². The molecular formula is C13H29NO. The molecule has 0 radical (unpaired) electrons. The predicted octanol–water partition coefficient (Wildman–Crippen LogP) is 3.07. The molecule has 0 aliphatic carbocycles. The zero-order valence-corrected chi connectivity index (χ0v) is 11.0. The molecule has 92 valence electrons. The molecule has 0 aromatic carbocycles. The summed E-state index contributed by atoms with van der Waals surface area (Å²) < 4.78 is 5.02. The van der Waals surface area contributed by atoms with Crippen LogP contribution in [0.4, 0.5) is 0 Å². The first-order valence-electron chi connectivity index (χ1n) is 6.45. The summed E-state index contributed by atoms with van der Waals surface area (Å²) in [4.78, 5) is 0. The van der Waals surface area contributed by atoms with E-state index in [0.29, 0.717) is 0 Å². The quantitative estimate of drug-likeness (QED) is 0.565. The Balaban J connectivity index is 3.60. The van der Waals surface area contributed by atoms with Gasteiger partial charge in [0, 0.05) is 13.7 Å². The van der Waals surface area contributed by atoms with E-state index in [1.807, 2.05) is 0 Å². The molecule has 0 amide bonds. The summed E-state index contributed by atoms with van der Waals surface area (Å²) in [5.41, 5.74) is 0. The Kier molecular flexibility index (Phi) is 10.4. The van der Waals surface area contributed by atoms with Crippen molar-refractivity contribution >= 4 is 0 Å². The average Bonchev–Trinajstić information content (AvgIpc) is 2.26. The van der Waals surface area contributed by atoms with E-state index in [2.05, 4.69) is 26.1 Å². The highest BCUT2D eigenvalue weighted by atomic mass is 16.5. The van der Waals surface area contributed by atoms with Gasteiger partial charge in [-0.25, -0.2) is 0 Å². The number of rotatable bonds is 10. The molecular weight excluding hydrogens is 186 g/mol. The highest BCUT2D eigenvalue weighted by Gasteiger charge is 2.14. The third kappa shape index (κ3) is 7.80. The van der Waals surface area contributed by atoms with E-state index in [1.54, 1.807) is 7.11 Å². The number of unbranched alkanes of at least 4 members (excludes halogenated alkanes) is 1. The summed E-state index contributed by atoms with van der Waals surface area (Å²) in [5.74, 6) is 1.68. The molecule has 0 aliphatic rings. The summed E-state index contributed by atoms with van der Waals surface area (Å²) in [6, 6.07) is 0. The molecule has 15 heavy (non-hydrogen) atoms. The lowest BCUT2D eigenvalue weighted by Gasteiger charge is -2.23. The molecule has 2 unspecified atom stereocenters. The largest absolute Gasteiger partial charge is 0.383 e. The van der Waals surface area contributed by atoms with Crippen LogP contribution in [0, 0.1) is 11.8 Å². The lowest BCUT2D eigenvalue weighted by atomic mass is 9.87. The Hall–Kier alpha value is -0.0800. The van der Waals surface area contributed by atoms with Crippen LogP contribution < -0.4 is 5.32 Å². The molecule has 0 spiro atoms. The topological polar surface area (TPSA) is 21.3 Å². The van der Waals surface area contributed by atoms with Crippen molar-refractivity contribution < 1.29 is 4.74 Å². The van der Waals surface area contributed by atoms with Gasteiger partial charge in [-0.2, -0.15) is 0 Å². The van der Waals surface area contributed by atoms with Crippen molar-refractivity contribution in [2.45, 2.75) is 46.5 Å². The molecule has 0 heterocycles. The van der Waals surface area contributed by atoms with Crippen LogP contribution in [0.2, 0.25) is 0 Å². The van der Waals surface area contributed by atoms with Crippen molar-refractivity contribution in [1.82, 2.24) is 5.32 Å². The fourth-order valence-electron chi connectivity index (χ4n) is 1.97. The van der Waals surface area contributed by atoms with Crippen molar-refractivity contribution in [2.75, 3.05) is 26.8 Å². The van der Waals surface area contributed by atoms with Gasteiger partial charge in [-0.15, -0.1) is 0 Å². The van der Waals surface area contributed by atoms with Gasteiger partial charge in [0.25, 0.3) is 0 Å². The lowest BCUT2D eigenvalue weighted by molar-refractivity contribution is 0.194. The minimum absolute atomic E-state index is 0.819. The molecule has 0 saturated heterocycles. The highest BCUT2D eigenvalue weighted by molar-refractivity contribution is 4.67. The van der Waals surface area contributed by atoms with Crippen molar-refractivity contribution in [2.24, 2.45) is 11.8 Å². The van der Waals surface area contributed by atoms with Crippen LogP contribution in [0.5, 0.6) is 0 Å². The van der Waals surface area contributed by atoms with Crippen LogP contribution in [-0.4, -0.2) is 26.8 Å². The second-order valence-corrected chi connectivity index (χ2v) is 4.48. The first kappa shape index (κ1) is 14.9. The van der Waals surface area contributed by atoms with Crippen LogP contribution >= 0.6 is 0 Å². The molecule has 2 atom stereocenters. The van der Waals surface area contributed by atoms with E-state index in [1.165, 1.54) is 25.7 Å². The number of hydrogen-bond donors (Lipinski definition) is 1. The molecule has 0 bridgehead atoms. The van der Waals surface area contributed by atoms with Crippen LogP contribution in [0.25, 0.3) is 0 Å².